The number of aryl methyl sites for hydroxylation is 1. The first-order chi connectivity index (χ1) is 15.7. The molecule has 1 aromatic heterocycles. The van der Waals surface area contributed by atoms with Gasteiger partial charge in [-0.2, -0.15) is 4.98 Å². The minimum atomic E-state index is -0.412. The average molecular weight is 454 g/mol. The first kappa shape index (κ1) is 23.4. The first-order valence-electron chi connectivity index (χ1n) is 11.9. The number of aromatic nitrogens is 2. The Labute approximate surface area is 195 Å². The topological polar surface area (TPSA) is 82.8 Å². The summed E-state index contributed by atoms with van der Waals surface area (Å²) in [5.41, 5.74) is 1.68. The molecule has 0 radical (unpaired) electrons. The van der Waals surface area contributed by atoms with E-state index in [4.69, 9.17) is 4.52 Å². The largest absolute Gasteiger partial charge is 0.341 e. The van der Waals surface area contributed by atoms with E-state index in [0.717, 1.165) is 43.6 Å². The van der Waals surface area contributed by atoms with Crippen molar-refractivity contribution in [2.24, 2.45) is 11.3 Å². The number of carbonyl (C=O) groups excluding carboxylic acids is 2. The van der Waals surface area contributed by atoms with Crippen LogP contribution < -0.4 is 0 Å². The highest BCUT2D eigenvalue weighted by molar-refractivity contribution is 5.84. The van der Waals surface area contributed by atoms with Crippen molar-refractivity contribution in [3.8, 4) is 11.4 Å². The van der Waals surface area contributed by atoms with Gasteiger partial charge in [-0.05, 0) is 25.3 Å². The van der Waals surface area contributed by atoms with Gasteiger partial charge < -0.3 is 14.3 Å². The summed E-state index contributed by atoms with van der Waals surface area (Å²) in [6, 6.07) is 8.00. The van der Waals surface area contributed by atoms with Gasteiger partial charge in [-0.15, -0.1) is 0 Å². The van der Waals surface area contributed by atoms with Gasteiger partial charge in [0.1, 0.15) is 0 Å². The van der Waals surface area contributed by atoms with Gasteiger partial charge in [0.25, 0.3) is 0 Å². The van der Waals surface area contributed by atoms with Crippen molar-refractivity contribution in [2.45, 2.75) is 47.1 Å². The van der Waals surface area contributed by atoms with Crippen LogP contribution in [0.2, 0.25) is 0 Å². The molecule has 2 aromatic rings. The van der Waals surface area contributed by atoms with Crippen LogP contribution in [0.3, 0.4) is 0 Å². The summed E-state index contributed by atoms with van der Waals surface area (Å²) in [6.07, 6.45) is 1.75. The second-order valence-corrected chi connectivity index (χ2v) is 10.3. The van der Waals surface area contributed by atoms with Crippen molar-refractivity contribution in [3.05, 3.63) is 35.7 Å². The first-order valence-corrected chi connectivity index (χ1v) is 11.9. The van der Waals surface area contributed by atoms with Crippen molar-refractivity contribution in [2.75, 3.05) is 39.3 Å². The molecule has 1 aromatic carbocycles. The number of piperidine rings is 1. The number of rotatable bonds is 4. The maximum atomic E-state index is 13.2. The van der Waals surface area contributed by atoms with E-state index in [9.17, 15) is 9.59 Å². The lowest BCUT2D eigenvalue weighted by molar-refractivity contribution is -0.146. The fraction of sp³-hybridized carbons (Fsp3) is 0.600. The molecule has 33 heavy (non-hydrogen) atoms. The van der Waals surface area contributed by atoms with Gasteiger partial charge in [0.05, 0.1) is 12.5 Å². The minimum absolute atomic E-state index is 0.0933. The molecule has 8 heteroatoms. The Morgan fingerprint density at radius 3 is 2.48 bits per heavy atom. The Morgan fingerprint density at radius 1 is 1.06 bits per heavy atom. The SMILES string of the molecule is Cc1ccccc1-c1noc(CN2CCN(C(=O)C3CCCN(C(=O)C(C)(C)C)C3)CC2)n1. The Balaban J connectivity index is 1.29. The normalized spacial score (nSPS) is 20.2. The average Bonchev–Trinajstić information content (AvgIpc) is 3.26. The van der Waals surface area contributed by atoms with Crippen molar-refractivity contribution < 1.29 is 14.1 Å². The lowest BCUT2D eigenvalue weighted by Crippen LogP contribution is -2.53. The number of piperazine rings is 1. The summed E-state index contributed by atoms with van der Waals surface area (Å²) in [4.78, 5) is 36.5. The van der Waals surface area contributed by atoms with E-state index in [1.165, 1.54) is 0 Å². The number of benzene rings is 1. The molecule has 1 atom stereocenters. The van der Waals surface area contributed by atoms with Gasteiger partial charge in [-0.1, -0.05) is 50.2 Å². The monoisotopic (exact) mass is 453 g/mol. The summed E-state index contributed by atoms with van der Waals surface area (Å²) in [5, 5.41) is 4.15. The minimum Gasteiger partial charge on any atom is -0.341 e. The van der Waals surface area contributed by atoms with Gasteiger partial charge in [-0.3, -0.25) is 14.5 Å². The van der Waals surface area contributed by atoms with E-state index < -0.39 is 5.41 Å². The molecular weight excluding hydrogens is 418 g/mol. The molecule has 2 fully saturated rings. The molecule has 2 aliphatic rings. The third-order valence-electron chi connectivity index (χ3n) is 6.60. The molecule has 3 heterocycles. The van der Waals surface area contributed by atoms with Gasteiger partial charge >= 0.3 is 0 Å². The van der Waals surface area contributed by atoms with E-state index >= 15 is 0 Å². The van der Waals surface area contributed by atoms with Crippen LogP contribution in [-0.4, -0.2) is 75.9 Å². The van der Waals surface area contributed by atoms with Crippen molar-refractivity contribution >= 4 is 11.8 Å². The molecule has 0 saturated carbocycles. The van der Waals surface area contributed by atoms with Crippen LogP contribution in [0, 0.1) is 18.3 Å². The zero-order valence-electron chi connectivity index (χ0n) is 20.2. The summed E-state index contributed by atoms with van der Waals surface area (Å²) >= 11 is 0. The van der Waals surface area contributed by atoms with Gasteiger partial charge in [0, 0.05) is 50.2 Å². The number of likely N-dealkylation sites (tertiary alicyclic amines) is 1. The lowest BCUT2D eigenvalue weighted by Gasteiger charge is -2.40. The van der Waals surface area contributed by atoms with Crippen LogP contribution in [0.4, 0.5) is 0 Å². The Kier molecular flexibility index (Phi) is 6.83. The quantitative estimate of drug-likeness (QED) is 0.708. The molecule has 0 N–H and O–H groups in total. The number of hydrogen-bond acceptors (Lipinski definition) is 6. The second kappa shape index (κ2) is 9.63. The van der Waals surface area contributed by atoms with E-state index in [2.05, 4.69) is 15.0 Å². The number of nitrogens with zero attached hydrogens (tertiary/aromatic N) is 5. The highest BCUT2D eigenvalue weighted by Gasteiger charge is 2.35. The lowest BCUT2D eigenvalue weighted by atomic mass is 9.90. The second-order valence-electron chi connectivity index (χ2n) is 10.3. The van der Waals surface area contributed by atoms with E-state index in [1.807, 2.05) is 61.8 Å². The third-order valence-corrected chi connectivity index (χ3v) is 6.60. The summed E-state index contributed by atoms with van der Waals surface area (Å²) < 4.78 is 5.49. The summed E-state index contributed by atoms with van der Waals surface area (Å²) in [7, 11) is 0. The van der Waals surface area contributed by atoms with Gasteiger partial charge in [0.2, 0.25) is 23.5 Å². The van der Waals surface area contributed by atoms with Crippen LogP contribution >= 0.6 is 0 Å². The standard InChI is InChI=1S/C25H35N5O3/c1-18-8-5-6-10-20(18)22-26-21(33-27-22)17-28-12-14-29(15-13-28)23(31)19-9-7-11-30(16-19)24(32)25(2,3)4/h5-6,8,10,19H,7,9,11-17H2,1-4H3. The van der Waals surface area contributed by atoms with Crippen molar-refractivity contribution in [1.29, 1.82) is 0 Å². The molecule has 0 spiro atoms. The third kappa shape index (κ3) is 5.43. The number of amides is 2. The van der Waals surface area contributed by atoms with Gasteiger partial charge in [0.15, 0.2) is 0 Å². The van der Waals surface area contributed by atoms with E-state index in [0.29, 0.717) is 37.9 Å². The molecule has 2 aliphatic heterocycles. The van der Waals surface area contributed by atoms with Gasteiger partial charge in [-0.25, -0.2) is 0 Å². The van der Waals surface area contributed by atoms with Crippen LogP contribution in [0.1, 0.15) is 45.1 Å². The Bertz CT molecular complexity index is 988. The molecule has 2 saturated heterocycles. The Morgan fingerprint density at radius 2 is 1.79 bits per heavy atom. The zero-order chi connectivity index (χ0) is 23.6. The number of hydrogen-bond donors (Lipinski definition) is 0. The molecule has 178 valence electrons. The van der Waals surface area contributed by atoms with Crippen LogP contribution in [0.15, 0.2) is 28.8 Å². The number of carbonyl (C=O) groups is 2. The maximum Gasteiger partial charge on any atom is 0.241 e. The molecular formula is C25H35N5O3. The van der Waals surface area contributed by atoms with E-state index in [1.54, 1.807) is 0 Å². The highest BCUT2D eigenvalue weighted by atomic mass is 16.5. The zero-order valence-corrected chi connectivity index (χ0v) is 20.2. The predicted molar refractivity (Wildman–Crippen MR) is 125 cm³/mol. The van der Waals surface area contributed by atoms with Crippen molar-refractivity contribution in [1.82, 2.24) is 24.8 Å². The van der Waals surface area contributed by atoms with E-state index in [-0.39, 0.29) is 17.7 Å². The smallest absolute Gasteiger partial charge is 0.241 e. The summed E-state index contributed by atoms with van der Waals surface area (Å²) in [6.45, 7) is 12.6. The maximum absolute atomic E-state index is 13.2. The molecule has 4 rings (SSSR count). The molecule has 0 aliphatic carbocycles. The van der Waals surface area contributed by atoms with Crippen molar-refractivity contribution in [3.63, 3.8) is 0 Å². The van der Waals surface area contributed by atoms with Crippen LogP contribution in [-0.2, 0) is 16.1 Å². The van der Waals surface area contributed by atoms with Crippen LogP contribution in [0.25, 0.3) is 11.4 Å². The van der Waals surface area contributed by atoms with Crippen LogP contribution in [0.5, 0.6) is 0 Å². The fourth-order valence-electron chi connectivity index (χ4n) is 4.67. The molecule has 0 bridgehead atoms. The highest BCUT2D eigenvalue weighted by Crippen LogP contribution is 2.25. The molecule has 8 nitrogen and oxygen atoms in total. The Hall–Kier alpha value is -2.74. The summed E-state index contributed by atoms with van der Waals surface area (Å²) in [5.74, 6) is 1.43. The predicted octanol–water partition coefficient (Wildman–Crippen LogP) is 2.97. The fourth-order valence-corrected chi connectivity index (χ4v) is 4.67. The molecule has 1 unspecified atom stereocenters. The molecule has 2 amide bonds.